The molecule has 1 fully saturated rings. The van der Waals surface area contributed by atoms with Crippen molar-refractivity contribution in [3.63, 3.8) is 0 Å². The van der Waals surface area contributed by atoms with E-state index in [0.29, 0.717) is 41.2 Å². The highest BCUT2D eigenvalue weighted by Crippen LogP contribution is 2.34. The zero-order valence-electron chi connectivity index (χ0n) is 21.1. The molecule has 208 valence electrons. The van der Waals surface area contributed by atoms with E-state index in [2.05, 4.69) is 25.3 Å². The van der Waals surface area contributed by atoms with Crippen LogP contribution in [0, 0.1) is 0 Å². The number of benzene rings is 1. The number of aliphatic hydroxyl groups is 2. The third kappa shape index (κ3) is 5.10. The predicted octanol–water partition coefficient (Wildman–Crippen LogP) is 0.411. The van der Waals surface area contributed by atoms with E-state index in [-0.39, 0.29) is 25.6 Å². The van der Waals surface area contributed by atoms with Gasteiger partial charge in [0.25, 0.3) is 0 Å². The molecule has 0 aliphatic carbocycles. The molecule has 0 bridgehead atoms. The Hall–Kier alpha value is -4.44. The number of imidazole rings is 1. The molecule has 1 aromatic carbocycles. The Morgan fingerprint density at radius 3 is 2.90 bits per heavy atom. The Morgan fingerprint density at radius 2 is 2.02 bits per heavy atom. The van der Waals surface area contributed by atoms with Crippen molar-refractivity contribution < 1.29 is 28.8 Å². The first-order valence-corrected chi connectivity index (χ1v) is 12.5. The van der Waals surface area contributed by atoms with Gasteiger partial charge in [0.2, 0.25) is 0 Å². The normalized spacial score (nSPS) is 20.9. The van der Waals surface area contributed by atoms with Crippen molar-refractivity contribution in [1.82, 2.24) is 34.5 Å². The molecular formula is C25H26N8O7. The zero-order chi connectivity index (χ0) is 27.6. The highest BCUT2D eigenvalue weighted by Gasteiger charge is 2.45. The Kier molecular flexibility index (Phi) is 7.08. The van der Waals surface area contributed by atoms with Crippen LogP contribution in [0.25, 0.3) is 22.1 Å². The van der Waals surface area contributed by atoms with Crippen LogP contribution in [0.4, 0.5) is 5.82 Å². The van der Waals surface area contributed by atoms with Gasteiger partial charge in [-0.15, -0.1) is 5.10 Å². The molecule has 0 radical (unpaired) electrons. The molecule has 15 nitrogen and oxygen atoms in total. The van der Waals surface area contributed by atoms with E-state index in [1.165, 1.54) is 18.7 Å². The molecule has 5 heterocycles. The fraction of sp³-hybridized carbons (Fsp3) is 0.360. The van der Waals surface area contributed by atoms with Crippen molar-refractivity contribution in [1.29, 1.82) is 0 Å². The number of nitrogen functional groups attached to an aromatic ring is 1. The maximum absolute atomic E-state index is 11.5. The highest BCUT2D eigenvalue weighted by molar-refractivity contribution is 5.81. The summed E-state index contributed by atoms with van der Waals surface area (Å²) in [5.41, 5.74) is 7.37. The number of nitrogens with two attached hydrogens (primary N) is 1. The van der Waals surface area contributed by atoms with Gasteiger partial charge in [-0.2, -0.15) is 0 Å². The summed E-state index contributed by atoms with van der Waals surface area (Å²) in [7, 11) is 0. The molecule has 1 aliphatic rings. The molecule has 0 saturated carbocycles. The summed E-state index contributed by atoms with van der Waals surface area (Å²) >= 11 is 0. The number of rotatable bonds is 10. The Balaban J connectivity index is 1.04. The van der Waals surface area contributed by atoms with Gasteiger partial charge in [0.05, 0.1) is 19.1 Å². The Labute approximate surface area is 225 Å². The van der Waals surface area contributed by atoms with Gasteiger partial charge in [-0.3, -0.25) is 9.25 Å². The third-order valence-corrected chi connectivity index (χ3v) is 6.56. The maximum Gasteiger partial charge on any atom is 0.336 e. The summed E-state index contributed by atoms with van der Waals surface area (Å²) in [6.07, 6.45) is 1.69. The standard InChI is InChI=1S/C25H26N8O7/c26-23-20-24(28-12-27-23)33(13-29-20)25-22(21(36)18(10-34)40-25)37-7-1-6-32-9-15(30-31-32)11-38-16-4-2-14-3-5-19(35)39-17(14)8-16/h2-5,8-9,12-13,18,21-22,25,34,36H,1,6-7,10-11H2,(H2,26,27,28)/t18-,21-,22-,25-/m1/s1. The number of aliphatic hydroxyl groups excluding tert-OH is 2. The summed E-state index contributed by atoms with van der Waals surface area (Å²) in [5.74, 6) is 0.763. The lowest BCUT2D eigenvalue weighted by Crippen LogP contribution is -2.35. The second-order valence-electron chi connectivity index (χ2n) is 9.23. The van der Waals surface area contributed by atoms with Gasteiger partial charge in [0, 0.05) is 30.7 Å². The third-order valence-electron chi connectivity index (χ3n) is 6.56. The van der Waals surface area contributed by atoms with Crippen LogP contribution in [-0.2, 0) is 22.6 Å². The predicted molar refractivity (Wildman–Crippen MR) is 138 cm³/mol. The maximum atomic E-state index is 11.5. The minimum absolute atomic E-state index is 0.182. The second-order valence-corrected chi connectivity index (χ2v) is 9.23. The van der Waals surface area contributed by atoms with Gasteiger partial charge in [-0.05, 0) is 24.6 Å². The minimum atomic E-state index is -1.06. The summed E-state index contributed by atoms with van der Waals surface area (Å²) in [6, 6.07) is 8.31. The highest BCUT2D eigenvalue weighted by atomic mass is 16.6. The smallest absolute Gasteiger partial charge is 0.336 e. The van der Waals surface area contributed by atoms with Crippen LogP contribution in [0.2, 0.25) is 0 Å². The SMILES string of the molecule is Nc1ncnc2c1ncn2[C@@H]1O[C@H](CO)[C@@H](O)[C@H]1OCCCn1cc(COc2ccc3ccc(=O)oc3c2)nn1. The van der Waals surface area contributed by atoms with Crippen molar-refractivity contribution in [2.45, 2.75) is 44.1 Å². The molecule has 5 aromatic rings. The van der Waals surface area contributed by atoms with Gasteiger partial charge in [-0.1, -0.05) is 5.21 Å². The number of ether oxygens (including phenoxy) is 3. The van der Waals surface area contributed by atoms with Crippen LogP contribution in [0.15, 0.2) is 58.4 Å². The fourth-order valence-corrected chi connectivity index (χ4v) is 4.58. The molecule has 40 heavy (non-hydrogen) atoms. The summed E-state index contributed by atoms with van der Waals surface area (Å²) in [4.78, 5) is 23.9. The number of hydrogen-bond donors (Lipinski definition) is 3. The zero-order valence-corrected chi connectivity index (χ0v) is 21.1. The van der Waals surface area contributed by atoms with E-state index >= 15 is 0 Å². The van der Waals surface area contributed by atoms with Gasteiger partial charge >= 0.3 is 5.63 Å². The van der Waals surface area contributed by atoms with E-state index in [1.54, 1.807) is 33.6 Å². The molecule has 1 saturated heterocycles. The monoisotopic (exact) mass is 550 g/mol. The topological polar surface area (TPSA) is 199 Å². The first-order valence-electron chi connectivity index (χ1n) is 12.5. The van der Waals surface area contributed by atoms with E-state index in [1.807, 2.05) is 6.07 Å². The summed E-state index contributed by atoms with van der Waals surface area (Å²) in [5, 5.41) is 29.4. The molecule has 4 N–H and O–H groups in total. The molecule has 1 aliphatic heterocycles. The van der Waals surface area contributed by atoms with Crippen molar-refractivity contribution >= 4 is 28.0 Å². The van der Waals surface area contributed by atoms with Gasteiger partial charge < -0.3 is 34.6 Å². The van der Waals surface area contributed by atoms with Crippen molar-refractivity contribution in [3.05, 3.63) is 65.3 Å². The van der Waals surface area contributed by atoms with Crippen molar-refractivity contribution in [2.75, 3.05) is 18.9 Å². The molecule has 4 aromatic heterocycles. The van der Waals surface area contributed by atoms with Gasteiger partial charge in [0.15, 0.2) is 17.7 Å². The number of hydrogen-bond acceptors (Lipinski definition) is 13. The van der Waals surface area contributed by atoms with E-state index in [4.69, 9.17) is 24.4 Å². The second kappa shape index (κ2) is 11.0. The number of aryl methyl sites for hydroxylation is 1. The molecule has 0 spiro atoms. The molecule has 4 atom stereocenters. The lowest BCUT2D eigenvalue weighted by Gasteiger charge is -2.22. The largest absolute Gasteiger partial charge is 0.487 e. The average molecular weight is 551 g/mol. The van der Waals surface area contributed by atoms with Crippen LogP contribution in [-0.4, -0.2) is 76.3 Å². The van der Waals surface area contributed by atoms with E-state index in [9.17, 15) is 15.0 Å². The average Bonchev–Trinajstić information content (AvgIpc) is 3.67. The molecule has 15 heteroatoms. The summed E-state index contributed by atoms with van der Waals surface area (Å²) in [6.45, 7) is 0.585. The van der Waals surface area contributed by atoms with Crippen LogP contribution < -0.4 is 16.1 Å². The fourth-order valence-electron chi connectivity index (χ4n) is 4.58. The Bertz CT molecular complexity index is 1680. The molecular weight excluding hydrogens is 524 g/mol. The first kappa shape index (κ1) is 25.8. The molecule has 6 rings (SSSR count). The number of fused-ring (bicyclic) bond motifs is 2. The van der Waals surface area contributed by atoms with Crippen LogP contribution in [0.5, 0.6) is 5.75 Å². The van der Waals surface area contributed by atoms with E-state index in [0.717, 1.165) is 5.39 Å². The van der Waals surface area contributed by atoms with Crippen molar-refractivity contribution in [2.24, 2.45) is 0 Å². The van der Waals surface area contributed by atoms with Crippen LogP contribution in [0.3, 0.4) is 0 Å². The van der Waals surface area contributed by atoms with Gasteiger partial charge in [-0.25, -0.2) is 19.7 Å². The number of nitrogens with zero attached hydrogens (tertiary/aromatic N) is 7. The summed E-state index contributed by atoms with van der Waals surface area (Å²) < 4.78 is 26.1. The lowest BCUT2D eigenvalue weighted by molar-refractivity contribution is -0.0713. The van der Waals surface area contributed by atoms with E-state index < -0.39 is 30.2 Å². The lowest BCUT2D eigenvalue weighted by atomic mass is 10.1. The van der Waals surface area contributed by atoms with Crippen LogP contribution in [0.1, 0.15) is 18.3 Å². The molecule has 0 unspecified atom stereocenters. The Morgan fingerprint density at radius 1 is 1.15 bits per heavy atom. The number of anilines is 1. The van der Waals surface area contributed by atoms with Crippen LogP contribution >= 0.6 is 0 Å². The first-order chi connectivity index (χ1) is 19.5. The van der Waals surface area contributed by atoms with Gasteiger partial charge in [0.1, 0.15) is 53.8 Å². The minimum Gasteiger partial charge on any atom is -0.487 e. The van der Waals surface area contributed by atoms with Crippen molar-refractivity contribution in [3.8, 4) is 5.75 Å². The molecule has 0 amide bonds. The quantitative estimate of drug-likeness (QED) is 0.160. The number of aromatic nitrogens is 7.